The summed E-state index contributed by atoms with van der Waals surface area (Å²) in [6.07, 6.45) is 0.248. The molecule has 4 nitrogen and oxygen atoms in total. The van der Waals surface area contributed by atoms with Gasteiger partial charge in [-0.3, -0.25) is 4.90 Å². The van der Waals surface area contributed by atoms with Crippen molar-refractivity contribution in [1.82, 2.24) is 4.90 Å². The largest absolute Gasteiger partial charge is 0.493 e. The van der Waals surface area contributed by atoms with Gasteiger partial charge in [0.15, 0.2) is 11.5 Å². The number of para-hydroxylation sites is 1. The molecule has 0 spiro atoms. The number of aliphatic hydroxyl groups excluding tert-OH is 1. The Morgan fingerprint density at radius 3 is 2.27 bits per heavy atom. The number of hydrogen-bond donors (Lipinski definition) is 1. The van der Waals surface area contributed by atoms with Crippen LogP contribution >= 0.6 is 0 Å². The summed E-state index contributed by atoms with van der Waals surface area (Å²) in [4.78, 5) is 2.29. The van der Waals surface area contributed by atoms with Gasteiger partial charge >= 0.3 is 0 Å². The third kappa shape index (κ3) is 6.04. The maximum atomic E-state index is 10.6. The molecule has 1 N–H and O–H groups in total. The summed E-state index contributed by atoms with van der Waals surface area (Å²) in [7, 11) is 3.32. The minimum absolute atomic E-state index is 0.409. The molecule has 2 aromatic carbocycles. The van der Waals surface area contributed by atoms with Gasteiger partial charge in [-0.1, -0.05) is 56.3 Å². The third-order valence-electron chi connectivity index (χ3n) is 4.28. The fraction of sp³-hybridized carbons (Fsp3) is 0.455. The Kier molecular flexibility index (Phi) is 7.95. The number of benzene rings is 2. The average Bonchev–Trinajstić information content (AvgIpc) is 2.61. The van der Waals surface area contributed by atoms with Crippen molar-refractivity contribution in [3.05, 3.63) is 59.7 Å². The van der Waals surface area contributed by atoms with E-state index in [2.05, 4.69) is 36.9 Å². The topological polar surface area (TPSA) is 41.9 Å². The van der Waals surface area contributed by atoms with Gasteiger partial charge in [0.2, 0.25) is 0 Å². The number of aliphatic hydroxyl groups is 1. The molecule has 2 aromatic rings. The molecule has 0 unspecified atom stereocenters. The Morgan fingerprint density at radius 1 is 0.923 bits per heavy atom. The van der Waals surface area contributed by atoms with Crippen LogP contribution in [0.1, 0.15) is 25.0 Å². The molecule has 26 heavy (non-hydrogen) atoms. The summed E-state index contributed by atoms with van der Waals surface area (Å²) in [5.74, 6) is 2.01. The first-order valence-corrected chi connectivity index (χ1v) is 9.17. The molecule has 0 saturated heterocycles. The van der Waals surface area contributed by atoms with Crippen molar-refractivity contribution in [2.45, 2.75) is 32.9 Å². The zero-order chi connectivity index (χ0) is 18.9. The summed E-state index contributed by atoms with van der Waals surface area (Å²) >= 11 is 0. The first-order chi connectivity index (χ1) is 12.5. The van der Waals surface area contributed by atoms with Gasteiger partial charge in [-0.2, -0.15) is 0 Å². The van der Waals surface area contributed by atoms with Crippen LogP contribution in [0.3, 0.4) is 0 Å². The lowest BCUT2D eigenvalue weighted by molar-refractivity contribution is 0.101. The highest BCUT2D eigenvalue weighted by molar-refractivity contribution is 5.46. The summed E-state index contributed by atoms with van der Waals surface area (Å²) in [5.41, 5.74) is 2.22. The molecule has 4 heteroatoms. The van der Waals surface area contributed by atoms with E-state index in [1.54, 1.807) is 14.2 Å². The first-order valence-electron chi connectivity index (χ1n) is 9.17. The van der Waals surface area contributed by atoms with E-state index < -0.39 is 6.10 Å². The molecule has 0 aliphatic heterocycles. The maximum Gasteiger partial charge on any atom is 0.165 e. The maximum absolute atomic E-state index is 10.6. The van der Waals surface area contributed by atoms with Crippen LogP contribution < -0.4 is 9.47 Å². The van der Waals surface area contributed by atoms with Crippen molar-refractivity contribution in [3.8, 4) is 11.5 Å². The standard InChI is InChI=1S/C22H31NO3/c1-17(2)14-23(16-20(24)13-18-9-6-5-7-10-18)15-19-11-8-12-21(25-3)22(19)26-4/h5-12,17,20,24H,13-16H2,1-4H3/t20-/m0/s1. The van der Waals surface area contributed by atoms with Gasteiger partial charge in [-0.25, -0.2) is 0 Å². The van der Waals surface area contributed by atoms with Crippen molar-refractivity contribution in [3.63, 3.8) is 0 Å². The van der Waals surface area contributed by atoms with Crippen molar-refractivity contribution in [1.29, 1.82) is 0 Å². The summed E-state index contributed by atoms with van der Waals surface area (Å²) < 4.78 is 11.0. The van der Waals surface area contributed by atoms with Gasteiger partial charge in [0, 0.05) is 25.2 Å². The Hall–Kier alpha value is -2.04. The molecular weight excluding hydrogens is 326 g/mol. The van der Waals surface area contributed by atoms with Crippen molar-refractivity contribution in [2.75, 3.05) is 27.3 Å². The Balaban J connectivity index is 2.10. The number of hydrogen-bond acceptors (Lipinski definition) is 4. The molecule has 0 aliphatic rings. The fourth-order valence-electron chi connectivity index (χ4n) is 3.29. The monoisotopic (exact) mass is 357 g/mol. The number of methoxy groups -OCH3 is 2. The smallest absolute Gasteiger partial charge is 0.165 e. The number of nitrogens with zero attached hydrogens (tertiary/aromatic N) is 1. The van der Waals surface area contributed by atoms with Crippen LogP contribution in [0.4, 0.5) is 0 Å². The molecule has 1 atom stereocenters. The molecule has 142 valence electrons. The fourth-order valence-corrected chi connectivity index (χ4v) is 3.29. The number of rotatable bonds is 10. The van der Waals surface area contributed by atoms with Gasteiger partial charge in [-0.15, -0.1) is 0 Å². The molecular formula is C22H31NO3. The van der Waals surface area contributed by atoms with Crippen molar-refractivity contribution < 1.29 is 14.6 Å². The summed E-state index contributed by atoms with van der Waals surface area (Å²) in [6.45, 7) is 6.63. The van der Waals surface area contributed by atoms with Gasteiger partial charge < -0.3 is 14.6 Å². The molecule has 0 aromatic heterocycles. The van der Waals surface area contributed by atoms with Gasteiger partial charge in [0.1, 0.15) is 0 Å². The Bertz CT molecular complexity index is 658. The second-order valence-corrected chi connectivity index (χ2v) is 7.08. The van der Waals surface area contributed by atoms with Crippen LogP contribution in [0.15, 0.2) is 48.5 Å². The molecule has 0 fully saturated rings. The highest BCUT2D eigenvalue weighted by atomic mass is 16.5. The second kappa shape index (κ2) is 10.2. The van der Waals surface area contributed by atoms with Crippen LogP contribution in [-0.2, 0) is 13.0 Å². The normalized spacial score (nSPS) is 12.4. The Morgan fingerprint density at radius 2 is 1.65 bits per heavy atom. The highest BCUT2D eigenvalue weighted by Gasteiger charge is 2.17. The lowest BCUT2D eigenvalue weighted by Crippen LogP contribution is -2.35. The summed E-state index contributed by atoms with van der Waals surface area (Å²) in [6, 6.07) is 16.1. The van der Waals surface area contributed by atoms with Gasteiger partial charge in [-0.05, 0) is 24.0 Å². The van der Waals surface area contributed by atoms with Crippen LogP contribution in [0.25, 0.3) is 0 Å². The molecule has 0 bridgehead atoms. The zero-order valence-corrected chi connectivity index (χ0v) is 16.3. The van der Waals surface area contributed by atoms with Gasteiger partial charge in [0.05, 0.1) is 20.3 Å². The van der Waals surface area contributed by atoms with E-state index in [9.17, 15) is 5.11 Å². The lowest BCUT2D eigenvalue weighted by Gasteiger charge is -2.27. The first kappa shape index (κ1) is 20.3. The molecule has 0 amide bonds. The van der Waals surface area contributed by atoms with Crippen LogP contribution in [0, 0.1) is 5.92 Å². The number of ether oxygens (including phenoxy) is 2. The molecule has 2 rings (SSSR count). The lowest BCUT2D eigenvalue weighted by atomic mass is 10.1. The third-order valence-corrected chi connectivity index (χ3v) is 4.28. The minimum Gasteiger partial charge on any atom is -0.493 e. The van der Waals surface area contributed by atoms with Crippen LogP contribution in [0.5, 0.6) is 11.5 Å². The molecule has 0 radical (unpaired) electrons. The van der Waals surface area contributed by atoms with Crippen LogP contribution in [0.2, 0.25) is 0 Å². The second-order valence-electron chi connectivity index (χ2n) is 7.08. The zero-order valence-electron chi connectivity index (χ0n) is 16.3. The van der Waals surface area contributed by atoms with E-state index in [0.717, 1.165) is 29.2 Å². The Labute approximate surface area is 157 Å². The SMILES string of the molecule is COc1cccc(CN(CC(C)C)C[C@@H](O)Cc2ccccc2)c1OC. The molecule has 0 aliphatic carbocycles. The van der Waals surface area contributed by atoms with Crippen LogP contribution in [-0.4, -0.2) is 43.4 Å². The van der Waals surface area contributed by atoms with Crippen molar-refractivity contribution >= 4 is 0 Å². The van der Waals surface area contributed by atoms with E-state index in [1.807, 2.05) is 30.3 Å². The molecule has 0 heterocycles. The average molecular weight is 357 g/mol. The molecule has 0 saturated carbocycles. The summed E-state index contributed by atoms with van der Waals surface area (Å²) in [5, 5.41) is 10.6. The predicted molar refractivity (Wildman–Crippen MR) is 106 cm³/mol. The quantitative estimate of drug-likeness (QED) is 0.703. The van der Waals surface area contributed by atoms with E-state index in [4.69, 9.17) is 9.47 Å². The van der Waals surface area contributed by atoms with Crippen molar-refractivity contribution in [2.24, 2.45) is 5.92 Å². The van der Waals surface area contributed by atoms with E-state index in [-0.39, 0.29) is 0 Å². The van der Waals surface area contributed by atoms with Gasteiger partial charge in [0.25, 0.3) is 0 Å². The predicted octanol–water partition coefficient (Wildman–Crippen LogP) is 3.77. The van der Waals surface area contributed by atoms with E-state index in [0.29, 0.717) is 25.4 Å². The van der Waals surface area contributed by atoms with E-state index in [1.165, 1.54) is 0 Å². The highest BCUT2D eigenvalue weighted by Crippen LogP contribution is 2.31. The van der Waals surface area contributed by atoms with E-state index >= 15 is 0 Å². The minimum atomic E-state index is -0.409.